The fourth-order valence-corrected chi connectivity index (χ4v) is 5.68. The number of hydrogen-bond acceptors (Lipinski definition) is 8. The molecule has 4 rings (SSSR count). The molecule has 0 spiro atoms. The van der Waals surface area contributed by atoms with Crippen LogP contribution in [0.1, 0.15) is 56.6 Å². The zero-order valence-corrected chi connectivity index (χ0v) is 23.7. The molecule has 0 fully saturated rings. The van der Waals surface area contributed by atoms with Crippen molar-refractivity contribution in [1.29, 1.82) is 0 Å². The highest BCUT2D eigenvalue weighted by atomic mass is 79.9. The summed E-state index contributed by atoms with van der Waals surface area (Å²) < 4.78 is 22.3. The van der Waals surface area contributed by atoms with Gasteiger partial charge in [0.15, 0.2) is 28.8 Å². The van der Waals surface area contributed by atoms with Crippen LogP contribution in [0.2, 0.25) is 0 Å². The Morgan fingerprint density at radius 1 is 1.03 bits per heavy atom. The predicted molar refractivity (Wildman–Crippen MR) is 146 cm³/mol. The van der Waals surface area contributed by atoms with Crippen molar-refractivity contribution in [3.63, 3.8) is 0 Å². The molecular weight excluding hydrogens is 554 g/mol. The number of phenols is 1. The molecule has 0 radical (unpaired) electrons. The Morgan fingerprint density at radius 3 is 2.39 bits per heavy atom. The lowest BCUT2D eigenvalue weighted by Crippen LogP contribution is -2.36. The first-order valence-corrected chi connectivity index (χ1v) is 13.3. The molecule has 0 amide bonds. The van der Waals surface area contributed by atoms with Crippen LogP contribution >= 0.6 is 15.9 Å². The monoisotopic (exact) mass is 585 g/mol. The van der Waals surface area contributed by atoms with Crippen LogP contribution in [0.25, 0.3) is 0 Å². The van der Waals surface area contributed by atoms with Gasteiger partial charge in [0.1, 0.15) is 0 Å². The lowest BCUT2D eigenvalue weighted by Gasteiger charge is -2.37. The number of ketones is 1. The van der Waals surface area contributed by atoms with Gasteiger partial charge in [-0.05, 0) is 84.4 Å². The molecule has 0 saturated carbocycles. The fraction of sp³-hybridized carbons (Fsp3) is 0.379. The molecule has 2 aliphatic rings. The summed E-state index contributed by atoms with van der Waals surface area (Å²) in [5.41, 5.74) is 3.88. The third kappa shape index (κ3) is 5.12. The zero-order valence-electron chi connectivity index (χ0n) is 22.1. The molecule has 2 aromatic rings. The van der Waals surface area contributed by atoms with E-state index in [1.165, 1.54) is 0 Å². The van der Waals surface area contributed by atoms with Gasteiger partial charge in [0.2, 0.25) is 0 Å². The van der Waals surface area contributed by atoms with Crippen LogP contribution in [0, 0.1) is 0 Å². The summed E-state index contributed by atoms with van der Waals surface area (Å²) in [6.45, 7) is 5.92. The Hall–Kier alpha value is -3.46. The van der Waals surface area contributed by atoms with E-state index in [-0.39, 0.29) is 36.2 Å². The number of halogens is 1. The van der Waals surface area contributed by atoms with Gasteiger partial charge in [-0.1, -0.05) is 6.07 Å². The Kier molecular flexibility index (Phi) is 8.35. The molecule has 0 bridgehead atoms. The summed E-state index contributed by atoms with van der Waals surface area (Å²) in [5.74, 6) is 0.119. The standard InChI is InChI=1S/C29H32BrNO7/c1-6-37-24-14-18(10-19(30)28(24)33)26-25(29(34)38-7-2)15(3)31-20-11-17(12-21(32)27(20)26)16-8-9-22(35-4)23(13-16)36-5/h8-10,13-14,17,26,31,33H,6-7,11-12H2,1-5H3. The highest BCUT2D eigenvalue weighted by molar-refractivity contribution is 9.10. The summed E-state index contributed by atoms with van der Waals surface area (Å²) in [5, 5.41) is 13.8. The quantitative estimate of drug-likeness (QED) is 0.392. The van der Waals surface area contributed by atoms with Crippen molar-refractivity contribution in [2.24, 2.45) is 0 Å². The maximum atomic E-state index is 13.8. The van der Waals surface area contributed by atoms with Crippen LogP contribution in [0.4, 0.5) is 0 Å². The van der Waals surface area contributed by atoms with E-state index in [1.54, 1.807) is 33.3 Å². The van der Waals surface area contributed by atoms with Crippen molar-refractivity contribution in [3.8, 4) is 23.0 Å². The minimum atomic E-state index is -0.680. The molecule has 0 saturated heterocycles. The molecule has 202 valence electrons. The van der Waals surface area contributed by atoms with E-state index in [2.05, 4.69) is 21.2 Å². The molecule has 8 nitrogen and oxygen atoms in total. The van der Waals surface area contributed by atoms with Gasteiger partial charge < -0.3 is 29.4 Å². The number of allylic oxidation sites excluding steroid dienone is 3. The number of rotatable bonds is 8. The van der Waals surface area contributed by atoms with E-state index in [9.17, 15) is 14.7 Å². The first-order valence-electron chi connectivity index (χ1n) is 12.5. The molecule has 1 aliphatic heterocycles. The summed E-state index contributed by atoms with van der Waals surface area (Å²) in [4.78, 5) is 27.0. The third-order valence-electron chi connectivity index (χ3n) is 6.89. The summed E-state index contributed by atoms with van der Waals surface area (Å²) >= 11 is 3.40. The number of nitrogens with one attached hydrogen (secondary N) is 1. The van der Waals surface area contributed by atoms with Crippen LogP contribution in [-0.2, 0) is 14.3 Å². The van der Waals surface area contributed by atoms with Crippen LogP contribution < -0.4 is 19.5 Å². The number of carbonyl (C=O) groups is 2. The number of ether oxygens (including phenoxy) is 4. The lowest BCUT2D eigenvalue weighted by molar-refractivity contribution is -0.138. The normalized spacial score (nSPS) is 19.1. The van der Waals surface area contributed by atoms with Crippen molar-refractivity contribution in [2.45, 2.75) is 45.4 Å². The van der Waals surface area contributed by atoms with Gasteiger partial charge >= 0.3 is 5.97 Å². The minimum absolute atomic E-state index is 0.0411. The number of phenolic OH excluding ortho intramolecular Hbond substituents is 1. The molecule has 1 aliphatic carbocycles. The van der Waals surface area contributed by atoms with Crippen molar-refractivity contribution < 1.29 is 33.6 Å². The molecule has 1 heterocycles. The number of methoxy groups -OCH3 is 2. The van der Waals surface area contributed by atoms with E-state index in [0.717, 1.165) is 11.3 Å². The summed E-state index contributed by atoms with van der Waals surface area (Å²) in [7, 11) is 3.17. The van der Waals surface area contributed by atoms with Gasteiger partial charge in [0, 0.05) is 29.3 Å². The number of dihydropyridines is 1. The van der Waals surface area contributed by atoms with E-state index >= 15 is 0 Å². The lowest BCUT2D eigenvalue weighted by atomic mass is 9.71. The van der Waals surface area contributed by atoms with E-state index in [0.29, 0.717) is 51.4 Å². The predicted octanol–water partition coefficient (Wildman–Crippen LogP) is 5.50. The molecule has 2 atom stereocenters. The average molecular weight is 586 g/mol. The summed E-state index contributed by atoms with van der Waals surface area (Å²) in [6.07, 6.45) is 0.831. The van der Waals surface area contributed by atoms with Crippen LogP contribution in [-0.4, -0.2) is 44.3 Å². The van der Waals surface area contributed by atoms with Gasteiger partial charge in [-0.25, -0.2) is 4.79 Å². The maximum Gasteiger partial charge on any atom is 0.336 e. The first-order chi connectivity index (χ1) is 18.2. The average Bonchev–Trinajstić information content (AvgIpc) is 2.89. The molecule has 9 heteroatoms. The number of aromatic hydroxyl groups is 1. The van der Waals surface area contributed by atoms with E-state index in [4.69, 9.17) is 18.9 Å². The molecule has 2 aromatic carbocycles. The van der Waals surface area contributed by atoms with Gasteiger partial charge in [-0.2, -0.15) is 0 Å². The number of Topliss-reactive ketones (excluding diaryl/α,β-unsaturated/α-hetero) is 1. The molecule has 2 N–H and O–H groups in total. The second kappa shape index (κ2) is 11.5. The van der Waals surface area contributed by atoms with Crippen LogP contribution in [0.15, 0.2) is 57.3 Å². The minimum Gasteiger partial charge on any atom is -0.503 e. The number of carbonyl (C=O) groups excluding carboxylic acids is 2. The second-order valence-electron chi connectivity index (χ2n) is 9.13. The molecular formula is C29H32BrNO7. The highest BCUT2D eigenvalue weighted by Crippen LogP contribution is 2.48. The number of hydrogen-bond donors (Lipinski definition) is 2. The Balaban J connectivity index is 1.83. The second-order valence-corrected chi connectivity index (χ2v) is 9.99. The molecule has 0 aromatic heterocycles. The van der Waals surface area contributed by atoms with Gasteiger partial charge in [0.25, 0.3) is 0 Å². The number of esters is 1. The smallest absolute Gasteiger partial charge is 0.336 e. The van der Waals surface area contributed by atoms with E-state index in [1.807, 2.05) is 32.0 Å². The van der Waals surface area contributed by atoms with Crippen LogP contribution in [0.5, 0.6) is 23.0 Å². The number of benzene rings is 2. The van der Waals surface area contributed by atoms with Gasteiger partial charge in [-0.15, -0.1) is 0 Å². The largest absolute Gasteiger partial charge is 0.503 e. The van der Waals surface area contributed by atoms with Crippen molar-refractivity contribution in [3.05, 3.63) is 68.5 Å². The molecule has 38 heavy (non-hydrogen) atoms. The van der Waals surface area contributed by atoms with Crippen molar-refractivity contribution in [2.75, 3.05) is 27.4 Å². The highest BCUT2D eigenvalue weighted by Gasteiger charge is 2.42. The van der Waals surface area contributed by atoms with Gasteiger partial charge in [0.05, 0.1) is 37.5 Å². The Bertz CT molecular complexity index is 1330. The topological polar surface area (TPSA) is 103 Å². The summed E-state index contributed by atoms with van der Waals surface area (Å²) in [6, 6.07) is 9.10. The Morgan fingerprint density at radius 2 is 1.74 bits per heavy atom. The van der Waals surface area contributed by atoms with Gasteiger partial charge in [-0.3, -0.25) is 4.79 Å². The zero-order chi connectivity index (χ0) is 27.6. The Labute approximate surface area is 230 Å². The van der Waals surface area contributed by atoms with E-state index < -0.39 is 11.9 Å². The first kappa shape index (κ1) is 27.6. The van der Waals surface area contributed by atoms with Crippen molar-refractivity contribution >= 4 is 27.7 Å². The SMILES string of the molecule is CCOC(=O)C1=C(C)NC2=C(C(=O)CC(c3ccc(OC)c(OC)c3)C2)C1c1cc(Br)c(O)c(OCC)c1. The molecule has 2 unspecified atom stereocenters. The fourth-order valence-electron chi connectivity index (χ4n) is 5.22. The third-order valence-corrected chi connectivity index (χ3v) is 7.49. The maximum absolute atomic E-state index is 13.8. The van der Waals surface area contributed by atoms with Crippen molar-refractivity contribution in [1.82, 2.24) is 5.32 Å². The van der Waals surface area contributed by atoms with Crippen LogP contribution in [0.3, 0.4) is 0 Å².